The molecule has 1 aromatic carbocycles. The Morgan fingerprint density at radius 3 is 2.60 bits per heavy atom. The van der Waals surface area contributed by atoms with Gasteiger partial charge >= 0.3 is 10.2 Å². The van der Waals surface area contributed by atoms with Crippen molar-refractivity contribution in [3.05, 3.63) is 23.8 Å². The zero-order valence-corrected chi connectivity index (χ0v) is 12.0. The zero-order chi connectivity index (χ0) is 14.8. The Morgan fingerprint density at radius 1 is 1.40 bits per heavy atom. The highest BCUT2D eigenvalue weighted by Crippen LogP contribution is 2.30. The summed E-state index contributed by atoms with van der Waals surface area (Å²) >= 11 is 0. The number of nitrogens with one attached hydrogen (secondary N) is 2. The summed E-state index contributed by atoms with van der Waals surface area (Å²) in [5.41, 5.74) is 5.99. The molecule has 0 amide bonds. The van der Waals surface area contributed by atoms with Crippen molar-refractivity contribution in [2.45, 2.75) is 12.8 Å². The van der Waals surface area contributed by atoms with Crippen LogP contribution in [0.15, 0.2) is 18.2 Å². The summed E-state index contributed by atoms with van der Waals surface area (Å²) < 4.78 is 33.6. The smallest absolute Gasteiger partial charge is 0.301 e. The highest BCUT2D eigenvalue weighted by atomic mass is 32.2. The van der Waals surface area contributed by atoms with Crippen LogP contribution >= 0.6 is 0 Å². The molecule has 1 aliphatic rings. The molecule has 0 unspecified atom stereocenters. The van der Waals surface area contributed by atoms with Crippen LogP contribution in [0, 0.1) is 5.41 Å². The lowest BCUT2D eigenvalue weighted by Crippen LogP contribution is -2.34. The maximum absolute atomic E-state index is 12.3. The number of hydrogen-bond acceptors (Lipinski definition) is 4. The lowest BCUT2D eigenvalue weighted by Gasteiger charge is -2.20. The van der Waals surface area contributed by atoms with Crippen molar-refractivity contribution < 1.29 is 13.2 Å². The Kier molecular flexibility index (Phi) is 4.15. The first-order valence-corrected chi connectivity index (χ1v) is 7.69. The Labute approximate surface area is 118 Å². The molecule has 0 aromatic heterocycles. The van der Waals surface area contributed by atoms with Crippen LogP contribution < -0.4 is 15.2 Å². The normalized spacial score (nSPS) is 16.1. The van der Waals surface area contributed by atoms with Crippen molar-refractivity contribution in [2.24, 2.45) is 5.73 Å². The van der Waals surface area contributed by atoms with Gasteiger partial charge < -0.3 is 10.5 Å². The van der Waals surface area contributed by atoms with Crippen molar-refractivity contribution >= 4 is 21.7 Å². The molecule has 1 aliphatic heterocycles. The number of nitrogens with two attached hydrogens (primary N) is 1. The first-order valence-electron chi connectivity index (χ1n) is 6.25. The van der Waals surface area contributed by atoms with Gasteiger partial charge in [0.2, 0.25) is 0 Å². The van der Waals surface area contributed by atoms with Crippen molar-refractivity contribution in [2.75, 3.05) is 24.9 Å². The number of amidine groups is 1. The summed E-state index contributed by atoms with van der Waals surface area (Å²) in [5.74, 6) is 0.114. The second-order valence-electron chi connectivity index (χ2n) is 4.51. The highest BCUT2D eigenvalue weighted by Gasteiger charge is 2.27. The molecule has 110 valence electrons. The first kappa shape index (κ1) is 14.6. The van der Waals surface area contributed by atoms with Crippen molar-refractivity contribution in [1.82, 2.24) is 4.31 Å². The lowest BCUT2D eigenvalue weighted by molar-refractivity contribution is 0.416. The number of benzene rings is 1. The van der Waals surface area contributed by atoms with Crippen LogP contribution in [0.2, 0.25) is 0 Å². The van der Waals surface area contributed by atoms with E-state index in [4.69, 9.17) is 15.9 Å². The van der Waals surface area contributed by atoms with Crippen LogP contribution in [0.1, 0.15) is 18.4 Å². The molecule has 1 heterocycles. The maximum Gasteiger partial charge on any atom is 0.301 e. The summed E-state index contributed by atoms with van der Waals surface area (Å²) in [6.45, 7) is 1.000. The largest absolute Gasteiger partial charge is 0.495 e. The molecule has 2 rings (SSSR count). The van der Waals surface area contributed by atoms with E-state index in [0.29, 0.717) is 24.4 Å². The highest BCUT2D eigenvalue weighted by molar-refractivity contribution is 7.90. The molecule has 7 nitrogen and oxygen atoms in total. The van der Waals surface area contributed by atoms with Gasteiger partial charge in [0, 0.05) is 18.7 Å². The van der Waals surface area contributed by atoms with E-state index in [0.717, 1.165) is 12.8 Å². The SMILES string of the molecule is COc1cccc(C(=N)N)c1NS(=O)(=O)N1CCCC1. The van der Waals surface area contributed by atoms with E-state index in [1.165, 1.54) is 11.4 Å². The van der Waals surface area contributed by atoms with E-state index in [-0.39, 0.29) is 11.5 Å². The Hall–Kier alpha value is -1.80. The second-order valence-corrected chi connectivity index (χ2v) is 6.18. The predicted molar refractivity (Wildman–Crippen MR) is 77.4 cm³/mol. The van der Waals surface area contributed by atoms with Crippen LogP contribution in [0.5, 0.6) is 5.75 Å². The standard InChI is InChI=1S/C12H18N4O3S/c1-19-10-6-4-5-9(12(13)14)11(10)15-20(17,18)16-7-2-3-8-16/h4-6,15H,2-3,7-8H2,1H3,(H3,13,14). The van der Waals surface area contributed by atoms with Crippen molar-refractivity contribution in [1.29, 1.82) is 5.41 Å². The molecule has 20 heavy (non-hydrogen) atoms. The number of rotatable bonds is 5. The van der Waals surface area contributed by atoms with Crippen molar-refractivity contribution in [3.63, 3.8) is 0 Å². The first-order chi connectivity index (χ1) is 9.45. The third kappa shape index (κ3) is 2.86. The van der Waals surface area contributed by atoms with E-state index in [9.17, 15) is 8.42 Å². The average Bonchev–Trinajstić information content (AvgIpc) is 2.93. The van der Waals surface area contributed by atoms with Gasteiger partial charge in [-0.05, 0) is 25.0 Å². The molecule has 1 saturated heterocycles. The number of para-hydroxylation sites is 1. The summed E-state index contributed by atoms with van der Waals surface area (Å²) in [7, 11) is -2.21. The van der Waals surface area contributed by atoms with Crippen LogP contribution in [-0.2, 0) is 10.2 Å². The topological polar surface area (TPSA) is 109 Å². The fourth-order valence-electron chi connectivity index (χ4n) is 2.15. The molecular formula is C12H18N4O3S. The summed E-state index contributed by atoms with van der Waals surface area (Å²) in [5, 5.41) is 7.54. The van der Waals surface area contributed by atoms with Gasteiger partial charge in [-0.15, -0.1) is 0 Å². The van der Waals surface area contributed by atoms with Gasteiger partial charge in [-0.2, -0.15) is 12.7 Å². The molecular weight excluding hydrogens is 280 g/mol. The Morgan fingerprint density at radius 2 is 2.05 bits per heavy atom. The van der Waals surface area contributed by atoms with E-state index >= 15 is 0 Å². The summed E-state index contributed by atoms with van der Waals surface area (Å²) in [6, 6.07) is 4.85. The Bertz CT molecular complexity index is 609. The van der Waals surface area contributed by atoms with Gasteiger partial charge in [0.1, 0.15) is 17.3 Å². The molecule has 4 N–H and O–H groups in total. The molecule has 0 bridgehead atoms. The number of methoxy groups -OCH3 is 1. The van der Waals surface area contributed by atoms with Crippen LogP contribution in [0.4, 0.5) is 5.69 Å². The number of hydrogen-bond donors (Lipinski definition) is 3. The Balaban J connectivity index is 2.39. The van der Waals surface area contributed by atoms with Gasteiger partial charge in [0.05, 0.1) is 7.11 Å². The lowest BCUT2D eigenvalue weighted by atomic mass is 10.1. The average molecular weight is 298 g/mol. The second kappa shape index (κ2) is 5.68. The summed E-state index contributed by atoms with van der Waals surface area (Å²) in [6.07, 6.45) is 1.71. The van der Waals surface area contributed by atoms with Crippen LogP contribution in [-0.4, -0.2) is 38.8 Å². The van der Waals surface area contributed by atoms with Gasteiger partial charge in [-0.25, -0.2) is 0 Å². The number of nitrogens with zero attached hydrogens (tertiary/aromatic N) is 1. The molecule has 0 radical (unpaired) electrons. The van der Waals surface area contributed by atoms with E-state index in [1.54, 1.807) is 18.2 Å². The summed E-state index contributed by atoms with van der Waals surface area (Å²) in [4.78, 5) is 0. The molecule has 0 saturated carbocycles. The minimum absolute atomic E-state index is 0.203. The van der Waals surface area contributed by atoms with Crippen LogP contribution in [0.25, 0.3) is 0 Å². The fourth-order valence-corrected chi connectivity index (χ4v) is 3.49. The molecule has 1 aromatic rings. The predicted octanol–water partition coefficient (Wildman–Crippen LogP) is 0.732. The van der Waals surface area contributed by atoms with E-state index in [2.05, 4.69) is 4.72 Å². The van der Waals surface area contributed by atoms with Gasteiger partial charge in [0.15, 0.2) is 0 Å². The fraction of sp³-hybridized carbons (Fsp3) is 0.417. The van der Waals surface area contributed by atoms with E-state index in [1.807, 2.05) is 0 Å². The maximum atomic E-state index is 12.3. The van der Waals surface area contributed by atoms with Gasteiger partial charge in [-0.1, -0.05) is 6.07 Å². The molecule has 0 atom stereocenters. The minimum Gasteiger partial charge on any atom is -0.495 e. The molecule has 0 aliphatic carbocycles. The number of anilines is 1. The number of nitrogen functional groups attached to an aromatic ring is 1. The third-order valence-electron chi connectivity index (χ3n) is 3.17. The number of ether oxygens (including phenoxy) is 1. The quantitative estimate of drug-likeness (QED) is 0.550. The zero-order valence-electron chi connectivity index (χ0n) is 11.2. The van der Waals surface area contributed by atoms with Crippen molar-refractivity contribution in [3.8, 4) is 5.75 Å². The minimum atomic E-state index is -3.65. The molecule has 0 spiro atoms. The molecule has 1 fully saturated rings. The third-order valence-corrected chi connectivity index (χ3v) is 4.68. The van der Waals surface area contributed by atoms with Crippen LogP contribution in [0.3, 0.4) is 0 Å². The van der Waals surface area contributed by atoms with E-state index < -0.39 is 10.2 Å². The molecule has 8 heteroatoms. The van der Waals surface area contributed by atoms with Gasteiger partial charge in [0.25, 0.3) is 0 Å². The monoisotopic (exact) mass is 298 g/mol. The van der Waals surface area contributed by atoms with Gasteiger partial charge in [-0.3, -0.25) is 10.1 Å².